The zero-order chi connectivity index (χ0) is 9.68. The van der Waals surface area contributed by atoms with Gasteiger partial charge in [0.15, 0.2) is 0 Å². The molecule has 3 N–H and O–H groups in total. The van der Waals surface area contributed by atoms with E-state index in [4.69, 9.17) is 5.73 Å². The summed E-state index contributed by atoms with van der Waals surface area (Å²) in [7, 11) is 1.86. The van der Waals surface area contributed by atoms with E-state index >= 15 is 0 Å². The van der Waals surface area contributed by atoms with Crippen molar-refractivity contribution in [1.82, 2.24) is 5.32 Å². The van der Waals surface area contributed by atoms with Crippen molar-refractivity contribution in [2.24, 2.45) is 5.73 Å². The number of nitrogens with one attached hydrogen (secondary N) is 1. The average Bonchev–Trinajstić information content (AvgIpc) is 2.14. The zero-order valence-corrected chi connectivity index (χ0v) is 7.76. The highest BCUT2D eigenvalue weighted by Crippen LogP contribution is 2.14. The highest BCUT2D eigenvalue weighted by molar-refractivity contribution is 5.21. The lowest BCUT2D eigenvalue weighted by molar-refractivity contribution is 0.606. The number of halogens is 1. The molecule has 0 aromatic heterocycles. The number of likely N-dealkylation sites (N-methyl/N-ethyl adjacent to an activating group) is 1. The summed E-state index contributed by atoms with van der Waals surface area (Å²) < 4.78 is 12.8. The van der Waals surface area contributed by atoms with Crippen molar-refractivity contribution in [2.75, 3.05) is 20.1 Å². The molecule has 72 valence electrons. The molecule has 1 rings (SSSR count). The van der Waals surface area contributed by atoms with Gasteiger partial charge in [0.1, 0.15) is 5.82 Å². The fourth-order valence-corrected chi connectivity index (χ4v) is 1.34. The Hall–Kier alpha value is -0.930. The average molecular weight is 182 g/mol. The SMILES string of the molecule is CNCC(CN)c1cccc(F)c1. The smallest absolute Gasteiger partial charge is 0.123 e. The van der Waals surface area contributed by atoms with Gasteiger partial charge in [0.05, 0.1) is 0 Å². The Morgan fingerprint density at radius 2 is 2.31 bits per heavy atom. The molecule has 0 heterocycles. The van der Waals surface area contributed by atoms with Crippen molar-refractivity contribution in [1.29, 1.82) is 0 Å². The van der Waals surface area contributed by atoms with E-state index < -0.39 is 0 Å². The molecular formula is C10H15FN2. The molecule has 1 aromatic rings. The Morgan fingerprint density at radius 1 is 1.54 bits per heavy atom. The topological polar surface area (TPSA) is 38.0 Å². The van der Waals surface area contributed by atoms with E-state index in [9.17, 15) is 4.39 Å². The van der Waals surface area contributed by atoms with E-state index in [0.29, 0.717) is 6.54 Å². The van der Waals surface area contributed by atoms with Crippen molar-refractivity contribution in [3.63, 3.8) is 0 Å². The van der Waals surface area contributed by atoms with Crippen LogP contribution in [-0.4, -0.2) is 20.1 Å². The summed E-state index contributed by atoms with van der Waals surface area (Å²) in [5.74, 6) is -0.00671. The molecule has 1 aromatic carbocycles. The van der Waals surface area contributed by atoms with Gasteiger partial charge in [0.2, 0.25) is 0 Å². The van der Waals surface area contributed by atoms with E-state index in [2.05, 4.69) is 5.32 Å². The van der Waals surface area contributed by atoms with Crippen molar-refractivity contribution in [2.45, 2.75) is 5.92 Å². The summed E-state index contributed by atoms with van der Waals surface area (Å²) >= 11 is 0. The van der Waals surface area contributed by atoms with Crippen molar-refractivity contribution in [3.8, 4) is 0 Å². The van der Waals surface area contributed by atoms with Gasteiger partial charge in [-0.3, -0.25) is 0 Å². The standard InChI is InChI=1S/C10H15FN2/c1-13-7-9(6-12)8-3-2-4-10(11)5-8/h2-5,9,13H,6-7,12H2,1H3. The molecule has 2 nitrogen and oxygen atoms in total. The van der Waals surface area contributed by atoms with Gasteiger partial charge in [0, 0.05) is 19.0 Å². The Kier molecular flexibility index (Phi) is 3.86. The zero-order valence-electron chi connectivity index (χ0n) is 7.76. The van der Waals surface area contributed by atoms with E-state index in [1.807, 2.05) is 13.1 Å². The van der Waals surface area contributed by atoms with Crippen LogP contribution in [0.5, 0.6) is 0 Å². The Bertz CT molecular complexity index is 263. The minimum Gasteiger partial charge on any atom is -0.330 e. The summed E-state index contributed by atoms with van der Waals surface area (Å²) in [4.78, 5) is 0. The molecule has 0 fully saturated rings. The van der Waals surface area contributed by atoms with Gasteiger partial charge >= 0.3 is 0 Å². The molecule has 0 spiro atoms. The first-order valence-corrected chi connectivity index (χ1v) is 4.38. The van der Waals surface area contributed by atoms with Gasteiger partial charge in [-0.1, -0.05) is 12.1 Å². The maximum atomic E-state index is 12.8. The third kappa shape index (κ3) is 2.79. The maximum absolute atomic E-state index is 12.8. The van der Waals surface area contributed by atoms with Crippen LogP contribution in [0.15, 0.2) is 24.3 Å². The van der Waals surface area contributed by atoms with Gasteiger partial charge in [-0.25, -0.2) is 4.39 Å². The van der Waals surface area contributed by atoms with Crippen LogP contribution in [0.25, 0.3) is 0 Å². The molecule has 0 aliphatic rings. The van der Waals surface area contributed by atoms with Crippen LogP contribution in [0, 0.1) is 5.82 Å². The van der Waals surface area contributed by atoms with Crippen LogP contribution >= 0.6 is 0 Å². The van der Waals surface area contributed by atoms with Gasteiger partial charge in [-0.05, 0) is 24.7 Å². The monoisotopic (exact) mass is 182 g/mol. The van der Waals surface area contributed by atoms with Crippen LogP contribution in [0.2, 0.25) is 0 Å². The predicted octanol–water partition coefficient (Wildman–Crippen LogP) is 1.09. The van der Waals surface area contributed by atoms with Crippen LogP contribution in [-0.2, 0) is 0 Å². The highest BCUT2D eigenvalue weighted by atomic mass is 19.1. The van der Waals surface area contributed by atoms with Gasteiger partial charge < -0.3 is 11.1 Å². The number of nitrogens with two attached hydrogens (primary N) is 1. The fraction of sp³-hybridized carbons (Fsp3) is 0.400. The summed E-state index contributed by atoms with van der Waals surface area (Å²) in [5, 5.41) is 3.03. The lowest BCUT2D eigenvalue weighted by atomic mass is 9.99. The molecule has 3 heteroatoms. The molecule has 13 heavy (non-hydrogen) atoms. The van der Waals surface area contributed by atoms with E-state index in [1.165, 1.54) is 12.1 Å². The van der Waals surface area contributed by atoms with Crippen LogP contribution in [0.3, 0.4) is 0 Å². The number of hydrogen-bond acceptors (Lipinski definition) is 2. The van der Waals surface area contributed by atoms with E-state index in [-0.39, 0.29) is 11.7 Å². The fourth-order valence-electron chi connectivity index (χ4n) is 1.34. The first-order chi connectivity index (χ1) is 6.27. The van der Waals surface area contributed by atoms with Crippen LogP contribution in [0.1, 0.15) is 11.5 Å². The highest BCUT2D eigenvalue weighted by Gasteiger charge is 2.08. The van der Waals surface area contributed by atoms with Crippen LogP contribution < -0.4 is 11.1 Å². The van der Waals surface area contributed by atoms with E-state index in [1.54, 1.807) is 6.07 Å². The molecule has 0 bridgehead atoms. The maximum Gasteiger partial charge on any atom is 0.123 e. The summed E-state index contributed by atoms with van der Waals surface area (Å²) in [6.45, 7) is 1.31. The minimum atomic E-state index is -0.202. The third-order valence-corrected chi connectivity index (χ3v) is 2.06. The molecule has 0 radical (unpaired) electrons. The Labute approximate surface area is 77.9 Å². The molecule has 1 unspecified atom stereocenters. The normalized spacial score (nSPS) is 12.8. The second kappa shape index (κ2) is 4.94. The lowest BCUT2D eigenvalue weighted by Gasteiger charge is -2.14. The summed E-state index contributed by atoms with van der Waals surface area (Å²) in [5.41, 5.74) is 6.53. The molecule has 0 aliphatic heterocycles. The molecule has 0 saturated heterocycles. The third-order valence-electron chi connectivity index (χ3n) is 2.06. The van der Waals surface area contributed by atoms with Crippen LogP contribution in [0.4, 0.5) is 4.39 Å². The summed E-state index contributed by atoms with van der Waals surface area (Å²) in [6, 6.07) is 6.59. The van der Waals surface area contributed by atoms with Gasteiger partial charge in [0.25, 0.3) is 0 Å². The van der Waals surface area contributed by atoms with Crippen molar-refractivity contribution >= 4 is 0 Å². The number of benzene rings is 1. The molecule has 1 atom stereocenters. The largest absolute Gasteiger partial charge is 0.330 e. The predicted molar refractivity (Wildman–Crippen MR) is 52.1 cm³/mol. The first-order valence-electron chi connectivity index (χ1n) is 4.38. The Balaban J connectivity index is 2.78. The second-order valence-corrected chi connectivity index (χ2v) is 3.05. The number of hydrogen-bond donors (Lipinski definition) is 2. The van der Waals surface area contributed by atoms with Crippen molar-refractivity contribution in [3.05, 3.63) is 35.6 Å². The van der Waals surface area contributed by atoms with E-state index in [0.717, 1.165) is 12.1 Å². The van der Waals surface area contributed by atoms with Gasteiger partial charge in [-0.2, -0.15) is 0 Å². The molecular weight excluding hydrogens is 167 g/mol. The second-order valence-electron chi connectivity index (χ2n) is 3.05. The lowest BCUT2D eigenvalue weighted by Crippen LogP contribution is -2.24. The summed E-state index contributed by atoms with van der Waals surface area (Å²) in [6.07, 6.45) is 0. The quantitative estimate of drug-likeness (QED) is 0.731. The molecule has 0 amide bonds. The van der Waals surface area contributed by atoms with Gasteiger partial charge in [-0.15, -0.1) is 0 Å². The Morgan fingerprint density at radius 3 is 2.85 bits per heavy atom. The number of rotatable bonds is 4. The minimum absolute atomic E-state index is 0.195. The van der Waals surface area contributed by atoms with Crippen molar-refractivity contribution < 1.29 is 4.39 Å². The molecule has 0 aliphatic carbocycles. The molecule has 0 saturated carbocycles. The first kappa shape index (κ1) is 10.2.